The molecule has 1 fully saturated rings. The number of halogens is 1. The van der Waals surface area contributed by atoms with Gasteiger partial charge in [0.25, 0.3) is 0 Å². The van der Waals surface area contributed by atoms with Crippen LogP contribution in [-0.4, -0.2) is 31.0 Å². The lowest BCUT2D eigenvalue weighted by molar-refractivity contribution is -0.134. The molecule has 2 rings (SSSR count). The maximum atomic E-state index is 12.4. The van der Waals surface area contributed by atoms with Crippen molar-refractivity contribution in [3.05, 3.63) is 28.8 Å². The van der Waals surface area contributed by atoms with E-state index in [-0.39, 0.29) is 17.9 Å². The molecule has 0 unspecified atom stereocenters. The zero-order chi connectivity index (χ0) is 14.7. The van der Waals surface area contributed by atoms with Crippen molar-refractivity contribution in [2.45, 2.75) is 31.8 Å². The molecule has 1 aromatic carbocycles. The van der Waals surface area contributed by atoms with E-state index in [1.165, 1.54) is 0 Å². The van der Waals surface area contributed by atoms with E-state index in [1.54, 1.807) is 18.1 Å². The topological polar surface area (TPSA) is 55.6 Å². The Balaban J connectivity index is 2.05. The molecule has 0 heterocycles. The van der Waals surface area contributed by atoms with E-state index in [0.717, 1.165) is 30.6 Å². The highest BCUT2D eigenvalue weighted by Crippen LogP contribution is 2.28. The van der Waals surface area contributed by atoms with Crippen LogP contribution in [0.5, 0.6) is 5.75 Å². The fourth-order valence-electron chi connectivity index (χ4n) is 2.76. The molecule has 0 spiro atoms. The molecule has 20 heavy (non-hydrogen) atoms. The summed E-state index contributed by atoms with van der Waals surface area (Å²) in [7, 11) is 3.43. The van der Waals surface area contributed by atoms with Crippen molar-refractivity contribution in [1.82, 2.24) is 4.90 Å². The molecule has 0 bridgehead atoms. The predicted molar refractivity (Wildman–Crippen MR) is 79.8 cm³/mol. The molecule has 2 atom stereocenters. The third-order valence-corrected chi connectivity index (χ3v) is 4.08. The van der Waals surface area contributed by atoms with E-state index >= 15 is 0 Å². The number of amides is 1. The molecule has 4 nitrogen and oxygen atoms in total. The van der Waals surface area contributed by atoms with Crippen LogP contribution < -0.4 is 10.5 Å². The molecule has 0 radical (unpaired) electrons. The average molecular weight is 297 g/mol. The van der Waals surface area contributed by atoms with Gasteiger partial charge in [0, 0.05) is 36.1 Å². The lowest BCUT2D eigenvalue weighted by Crippen LogP contribution is -2.32. The zero-order valence-electron chi connectivity index (χ0n) is 11.9. The van der Waals surface area contributed by atoms with Crippen molar-refractivity contribution < 1.29 is 9.53 Å². The molecule has 1 saturated carbocycles. The lowest BCUT2D eigenvalue weighted by atomic mass is 10.1. The van der Waals surface area contributed by atoms with E-state index in [4.69, 9.17) is 22.1 Å². The molecule has 110 valence electrons. The molecule has 1 aliphatic carbocycles. The van der Waals surface area contributed by atoms with Gasteiger partial charge in [-0.25, -0.2) is 0 Å². The minimum atomic E-state index is 0.0557. The third kappa shape index (κ3) is 3.44. The molecule has 0 aromatic heterocycles. The van der Waals surface area contributed by atoms with Gasteiger partial charge < -0.3 is 15.4 Å². The highest BCUT2D eigenvalue weighted by molar-refractivity contribution is 6.30. The van der Waals surface area contributed by atoms with Gasteiger partial charge in [0.15, 0.2) is 0 Å². The van der Waals surface area contributed by atoms with Gasteiger partial charge in [0.05, 0.1) is 7.11 Å². The Bertz CT molecular complexity index is 493. The number of carbonyl (C=O) groups excluding carboxylic acids is 1. The minimum Gasteiger partial charge on any atom is -0.496 e. The summed E-state index contributed by atoms with van der Waals surface area (Å²) >= 11 is 6.01. The third-order valence-electron chi connectivity index (χ3n) is 3.85. The van der Waals surface area contributed by atoms with Gasteiger partial charge >= 0.3 is 0 Å². The molecular weight excluding hydrogens is 276 g/mol. The number of ether oxygens (including phenoxy) is 1. The fourth-order valence-corrected chi connectivity index (χ4v) is 2.95. The van der Waals surface area contributed by atoms with Crippen molar-refractivity contribution in [3.8, 4) is 5.75 Å². The second kappa shape index (κ2) is 6.46. The summed E-state index contributed by atoms with van der Waals surface area (Å²) in [5.41, 5.74) is 6.79. The summed E-state index contributed by atoms with van der Waals surface area (Å²) in [5, 5.41) is 0.643. The van der Waals surface area contributed by atoms with Crippen LogP contribution in [0.1, 0.15) is 24.8 Å². The Hall–Kier alpha value is -1.26. The Labute approximate surface area is 124 Å². The van der Waals surface area contributed by atoms with Gasteiger partial charge in [-0.1, -0.05) is 11.6 Å². The van der Waals surface area contributed by atoms with Crippen molar-refractivity contribution in [2.24, 2.45) is 11.7 Å². The number of carbonyl (C=O) groups is 1. The first kappa shape index (κ1) is 15.1. The Kier molecular flexibility index (Phi) is 4.89. The zero-order valence-corrected chi connectivity index (χ0v) is 12.7. The van der Waals surface area contributed by atoms with Gasteiger partial charge in [-0.05, 0) is 37.5 Å². The molecule has 2 N–H and O–H groups in total. The highest BCUT2D eigenvalue weighted by Gasteiger charge is 2.29. The molecular formula is C15H21ClN2O2. The first-order chi connectivity index (χ1) is 9.51. The van der Waals surface area contributed by atoms with E-state index in [1.807, 2.05) is 19.2 Å². The Morgan fingerprint density at radius 3 is 2.85 bits per heavy atom. The second-order valence-corrected chi connectivity index (χ2v) is 5.86. The first-order valence-electron chi connectivity index (χ1n) is 6.84. The van der Waals surface area contributed by atoms with Crippen LogP contribution in [0.15, 0.2) is 18.2 Å². The van der Waals surface area contributed by atoms with Crippen LogP contribution in [0.25, 0.3) is 0 Å². The maximum Gasteiger partial charge on any atom is 0.225 e. The molecule has 0 saturated heterocycles. The summed E-state index contributed by atoms with van der Waals surface area (Å²) in [6.45, 7) is 0.494. The van der Waals surface area contributed by atoms with Gasteiger partial charge in [-0.15, -0.1) is 0 Å². The van der Waals surface area contributed by atoms with Gasteiger partial charge in [0.1, 0.15) is 5.75 Å². The summed E-state index contributed by atoms with van der Waals surface area (Å²) < 4.78 is 5.31. The number of benzene rings is 1. The fraction of sp³-hybridized carbons (Fsp3) is 0.533. The summed E-state index contributed by atoms with van der Waals surface area (Å²) in [6, 6.07) is 5.60. The minimum absolute atomic E-state index is 0.0557. The van der Waals surface area contributed by atoms with E-state index in [9.17, 15) is 4.79 Å². The molecule has 0 aliphatic heterocycles. The molecule has 1 amide bonds. The largest absolute Gasteiger partial charge is 0.496 e. The highest BCUT2D eigenvalue weighted by atomic mass is 35.5. The second-order valence-electron chi connectivity index (χ2n) is 5.42. The van der Waals surface area contributed by atoms with Gasteiger partial charge in [0.2, 0.25) is 5.91 Å². The molecule has 5 heteroatoms. The predicted octanol–water partition coefficient (Wildman–Crippen LogP) is 2.43. The van der Waals surface area contributed by atoms with Crippen molar-refractivity contribution in [3.63, 3.8) is 0 Å². The number of rotatable bonds is 4. The normalized spacial score (nSPS) is 21.8. The number of nitrogens with zero attached hydrogens (tertiary/aromatic N) is 1. The number of nitrogens with two attached hydrogens (primary N) is 1. The van der Waals surface area contributed by atoms with Crippen LogP contribution >= 0.6 is 11.6 Å². The molecule has 1 aliphatic rings. The lowest BCUT2D eigenvalue weighted by Gasteiger charge is -2.22. The van der Waals surface area contributed by atoms with E-state index in [2.05, 4.69) is 0 Å². The number of methoxy groups -OCH3 is 1. The smallest absolute Gasteiger partial charge is 0.225 e. The van der Waals surface area contributed by atoms with Crippen molar-refractivity contribution in [1.29, 1.82) is 0 Å². The van der Waals surface area contributed by atoms with Crippen LogP contribution in [0.3, 0.4) is 0 Å². The van der Waals surface area contributed by atoms with E-state index < -0.39 is 0 Å². The number of hydrogen-bond acceptors (Lipinski definition) is 3. The quantitative estimate of drug-likeness (QED) is 0.928. The van der Waals surface area contributed by atoms with Crippen molar-refractivity contribution in [2.75, 3.05) is 14.2 Å². The molecule has 1 aromatic rings. The van der Waals surface area contributed by atoms with Crippen LogP contribution in [-0.2, 0) is 11.3 Å². The van der Waals surface area contributed by atoms with Crippen LogP contribution in [0, 0.1) is 5.92 Å². The standard InChI is InChI=1S/C15H21ClN2O2/c1-18(15(19)10-3-5-13(17)8-10)9-11-7-12(16)4-6-14(11)20-2/h4,6-7,10,13H,3,5,8-9,17H2,1-2H3/t10-,13-/m0/s1. The Morgan fingerprint density at radius 1 is 1.50 bits per heavy atom. The summed E-state index contributed by atoms with van der Waals surface area (Å²) in [6.07, 6.45) is 2.61. The average Bonchev–Trinajstić information content (AvgIpc) is 2.84. The number of hydrogen-bond donors (Lipinski definition) is 1. The first-order valence-corrected chi connectivity index (χ1v) is 7.22. The summed E-state index contributed by atoms with van der Waals surface area (Å²) in [5.74, 6) is 0.956. The van der Waals surface area contributed by atoms with Crippen LogP contribution in [0.4, 0.5) is 0 Å². The van der Waals surface area contributed by atoms with Crippen molar-refractivity contribution >= 4 is 17.5 Å². The maximum absolute atomic E-state index is 12.4. The van der Waals surface area contributed by atoms with E-state index in [0.29, 0.717) is 11.6 Å². The summed E-state index contributed by atoms with van der Waals surface area (Å²) in [4.78, 5) is 14.1. The van der Waals surface area contributed by atoms with Crippen LogP contribution in [0.2, 0.25) is 5.02 Å². The SMILES string of the molecule is COc1ccc(Cl)cc1CN(C)C(=O)[C@H]1CC[C@H](N)C1. The Morgan fingerprint density at radius 2 is 2.25 bits per heavy atom. The van der Waals surface area contributed by atoms with Gasteiger partial charge in [-0.2, -0.15) is 0 Å². The monoisotopic (exact) mass is 296 g/mol. The van der Waals surface area contributed by atoms with Gasteiger partial charge in [-0.3, -0.25) is 4.79 Å².